The molecular weight excluding hydrogens is 333 g/mol. The van der Waals surface area contributed by atoms with Gasteiger partial charge in [-0.15, -0.1) is 0 Å². The van der Waals surface area contributed by atoms with Gasteiger partial charge in [-0.05, 0) is 55.2 Å². The molecule has 0 aliphatic rings. The van der Waals surface area contributed by atoms with Crippen LogP contribution < -0.4 is 10.5 Å². The monoisotopic (exact) mass is 351 g/mol. The molecule has 0 saturated heterocycles. The molecule has 0 radical (unpaired) electrons. The number of aryl methyl sites for hydroxylation is 1. The highest BCUT2D eigenvalue weighted by Gasteiger charge is 2.11. The lowest BCUT2D eigenvalue weighted by molar-refractivity contribution is 0.463. The Morgan fingerprint density at radius 1 is 1.19 bits per heavy atom. The van der Waals surface area contributed by atoms with Crippen LogP contribution in [0, 0.1) is 12.7 Å². The molecule has 0 spiro atoms. The van der Waals surface area contributed by atoms with Crippen molar-refractivity contribution >= 4 is 15.9 Å². The zero-order chi connectivity index (χ0) is 15.4. The topological polar surface area (TPSA) is 35.2 Å². The summed E-state index contributed by atoms with van der Waals surface area (Å²) in [5.41, 5.74) is 7.95. The smallest absolute Gasteiger partial charge is 0.133 e. The first-order valence-electron chi connectivity index (χ1n) is 6.97. The van der Waals surface area contributed by atoms with Crippen LogP contribution in [-0.4, -0.2) is 6.04 Å². The van der Waals surface area contributed by atoms with Crippen molar-refractivity contribution in [2.24, 2.45) is 5.73 Å². The Morgan fingerprint density at radius 3 is 2.67 bits per heavy atom. The molecule has 0 aliphatic heterocycles. The van der Waals surface area contributed by atoms with Crippen molar-refractivity contribution in [1.82, 2.24) is 0 Å². The van der Waals surface area contributed by atoms with Gasteiger partial charge in [0.15, 0.2) is 0 Å². The Morgan fingerprint density at radius 2 is 1.95 bits per heavy atom. The third-order valence-corrected chi connectivity index (χ3v) is 3.89. The van der Waals surface area contributed by atoms with Gasteiger partial charge in [-0.25, -0.2) is 4.39 Å². The van der Waals surface area contributed by atoms with Crippen LogP contribution in [0.5, 0.6) is 11.5 Å². The molecule has 0 saturated carbocycles. The number of benzene rings is 2. The maximum atomic E-state index is 13.4. The van der Waals surface area contributed by atoms with Crippen molar-refractivity contribution in [3.63, 3.8) is 0 Å². The van der Waals surface area contributed by atoms with E-state index in [-0.39, 0.29) is 11.9 Å². The molecule has 0 aliphatic carbocycles. The van der Waals surface area contributed by atoms with Crippen molar-refractivity contribution in [2.45, 2.75) is 32.7 Å². The van der Waals surface area contributed by atoms with Gasteiger partial charge < -0.3 is 10.5 Å². The van der Waals surface area contributed by atoms with Crippen LogP contribution in [0.3, 0.4) is 0 Å². The predicted molar refractivity (Wildman–Crippen MR) is 87.3 cm³/mol. The van der Waals surface area contributed by atoms with Gasteiger partial charge in [0.2, 0.25) is 0 Å². The number of ether oxygens (including phenoxy) is 1. The number of nitrogens with two attached hydrogens (primary N) is 1. The van der Waals surface area contributed by atoms with E-state index in [9.17, 15) is 4.39 Å². The average molecular weight is 352 g/mol. The van der Waals surface area contributed by atoms with Gasteiger partial charge in [0.1, 0.15) is 17.3 Å². The third-order valence-electron chi connectivity index (χ3n) is 3.40. The molecule has 0 heterocycles. The fraction of sp³-hybridized carbons (Fsp3) is 0.294. The van der Waals surface area contributed by atoms with Gasteiger partial charge in [0.25, 0.3) is 0 Å². The molecular formula is C17H19BrFNO. The standard InChI is InChI=1S/C17H19BrFNO/c1-3-15(20)9-12-8-13(18)5-7-16(12)21-17-10-14(19)6-4-11(17)2/h4-8,10,15H,3,9,20H2,1-2H3. The highest BCUT2D eigenvalue weighted by molar-refractivity contribution is 9.10. The summed E-state index contributed by atoms with van der Waals surface area (Å²) in [7, 11) is 0. The third kappa shape index (κ3) is 4.29. The molecule has 0 fully saturated rings. The van der Waals surface area contributed by atoms with E-state index >= 15 is 0 Å². The molecule has 2 nitrogen and oxygen atoms in total. The van der Waals surface area contributed by atoms with E-state index in [4.69, 9.17) is 10.5 Å². The molecule has 2 aromatic rings. The highest BCUT2D eigenvalue weighted by atomic mass is 79.9. The predicted octanol–water partition coefficient (Wildman–Crippen LogP) is 4.97. The summed E-state index contributed by atoms with van der Waals surface area (Å²) in [5.74, 6) is 0.943. The van der Waals surface area contributed by atoms with Crippen LogP contribution >= 0.6 is 15.9 Å². The van der Waals surface area contributed by atoms with E-state index in [0.29, 0.717) is 5.75 Å². The molecule has 2 rings (SSSR count). The summed E-state index contributed by atoms with van der Waals surface area (Å²) in [4.78, 5) is 0. The minimum Gasteiger partial charge on any atom is -0.457 e. The van der Waals surface area contributed by atoms with E-state index in [0.717, 1.165) is 34.2 Å². The van der Waals surface area contributed by atoms with Crippen LogP contribution in [0.15, 0.2) is 40.9 Å². The molecule has 21 heavy (non-hydrogen) atoms. The number of hydrogen-bond donors (Lipinski definition) is 1. The molecule has 112 valence electrons. The highest BCUT2D eigenvalue weighted by Crippen LogP contribution is 2.31. The Kier molecular flexibility index (Phi) is 5.37. The quantitative estimate of drug-likeness (QED) is 0.825. The Hall–Kier alpha value is -1.39. The maximum absolute atomic E-state index is 13.4. The number of rotatable bonds is 5. The Labute approximate surface area is 133 Å². The molecule has 0 bridgehead atoms. The van der Waals surface area contributed by atoms with Crippen molar-refractivity contribution in [2.75, 3.05) is 0 Å². The van der Waals surface area contributed by atoms with Gasteiger partial charge in [0.05, 0.1) is 0 Å². The second kappa shape index (κ2) is 7.05. The SMILES string of the molecule is CCC(N)Cc1cc(Br)ccc1Oc1cc(F)ccc1C. The lowest BCUT2D eigenvalue weighted by atomic mass is 10.0. The largest absolute Gasteiger partial charge is 0.457 e. The molecule has 2 aromatic carbocycles. The number of hydrogen-bond acceptors (Lipinski definition) is 2. The van der Waals surface area contributed by atoms with Crippen LogP contribution in [0.2, 0.25) is 0 Å². The molecule has 1 unspecified atom stereocenters. The van der Waals surface area contributed by atoms with Gasteiger partial charge in [-0.1, -0.05) is 28.9 Å². The van der Waals surface area contributed by atoms with Crippen molar-refractivity contribution in [3.05, 3.63) is 57.8 Å². The van der Waals surface area contributed by atoms with Crippen LogP contribution in [-0.2, 0) is 6.42 Å². The maximum Gasteiger partial charge on any atom is 0.133 e. The van der Waals surface area contributed by atoms with Crippen molar-refractivity contribution in [3.8, 4) is 11.5 Å². The van der Waals surface area contributed by atoms with Crippen LogP contribution in [0.4, 0.5) is 4.39 Å². The lowest BCUT2D eigenvalue weighted by Crippen LogP contribution is -2.21. The second-order valence-electron chi connectivity index (χ2n) is 5.14. The Balaban J connectivity index is 2.32. The normalized spacial score (nSPS) is 12.2. The fourth-order valence-electron chi connectivity index (χ4n) is 2.04. The lowest BCUT2D eigenvalue weighted by Gasteiger charge is -2.16. The summed E-state index contributed by atoms with van der Waals surface area (Å²) in [6.07, 6.45) is 1.62. The average Bonchev–Trinajstić information content (AvgIpc) is 2.45. The van der Waals surface area contributed by atoms with E-state index in [1.807, 2.05) is 25.1 Å². The zero-order valence-corrected chi connectivity index (χ0v) is 13.8. The van der Waals surface area contributed by atoms with Gasteiger partial charge in [-0.2, -0.15) is 0 Å². The van der Waals surface area contributed by atoms with E-state index in [1.54, 1.807) is 6.07 Å². The first-order chi connectivity index (χ1) is 9.99. The summed E-state index contributed by atoms with van der Waals surface area (Å²) in [6, 6.07) is 10.4. The first kappa shape index (κ1) is 16.0. The van der Waals surface area contributed by atoms with E-state index in [2.05, 4.69) is 22.9 Å². The van der Waals surface area contributed by atoms with E-state index in [1.165, 1.54) is 12.1 Å². The Bertz CT molecular complexity index is 630. The van der Waals surface area contributed by atoms with Crippen molar-refractivity contribution < 1.29 is 9.13 Å². The first-order valence-corrected chi connectivity index (χ1v) is 7.77. The fourth-order valence-corrected chi connectivity index (χ4v) is 2.44. The summed E-state index contributed by atoms with van der Waals surface area (Å²) in [5, 5.41) is 0. The molecule has 4 heteroatoms. The van der Waals surface area contributed by atoms with Crippen molar-refractivity contribution in [1.29, 1.82) is 0 Å². The van der Waals surface area contributed by atoms with Crippen LogP contribution in [0.25, 0.3) is 0 Å². The van der Waals surface area contributed by atoms with Gasteiger partial charge >= 0.3 is 0 Å². The van der Waals surface area contributed by atoms with Gasteiger partial charge in [0, 0.05) is 16.6 Å². The molecule has 1 atom stereocenters. The van der Waals surface area contributed by atoms with Crippen LogP contribution in [0.1, 0.15) is 24.5 Å². The van der Waals surface area contributed by atoms with E-state index < -0.39 is 0 Å². The number of halogens is 2. The minimum atomic E-state index is -0.306. The zero-order valence-electron chi connectivity index (χ0n) is 12.2. The molecule has 0 aromatic heterocycles. The summed E-state index contributed by atoms with van der Waals surface area (Å²) < 4.78 is 20.3. The van der Waals surface area contributed by atoms with Gasteiger partial charge in [-0.3, -0.25) is 0 Å². The second-order valence-corrected chi connectivity index (χ2v) is 6.05. The molecule has 2 N–H and O–H groups in total. The summed E-state index contributed by atoms with van der Waals surface area (Å²) >= 11 is 3.46. The minimum absolute atomic E-state index is 0.0789. The molecule has 0 amide bonds. The summed E-state index contributed by atoms with van der Waals surface area (Å²) in [6.45, 7) is 3.95.